The Bertz CT molecular complexity index is 1080. The molecular weight excluding hydrogens is 454 g/mol. The van der Waals surface area contributed by atoms with Gasteiger partial charge in [-0.15, -0.1) is 0 Å². The molecule has 0 spiro atoms. The molecule has 5 heteroatoms. The minimum absolute atomic E-state index is 0.197. The van der Waals surface area contributed by atoms with Crippen molar-refractivity contribution in [2.45, 2.75) is 27.4 Å². The highest BCUT2D eigenvalue weighted by molar-refractivity contribution is 9.10. The lowest BCUT2D eigenvalue weighted by Gasteiger charge is -2.14. The summed E-state index contributed by atoms with van der Waals surface area (Å²) < 4.78 is 12.6. The lowest BCUT2D eigenvalue weighted by Crippen LogP contribution is -2.10. The van der Waals surface area contributed by atoms with Gasteiger partial charge in [0.1, 0.15) is 6.61 Å². The minimum Gasteiger partial charge on any atom is -0.493 e. The number of anilines is 1. The normalized spacial score (nSPS) is 10.9. The molecule has 160 valence electrons. The minimum atomic E-state index is -0.197. The molecule has 1 amide bonds. The highest BCUT2D eigenvalue weighted by Crippen LogP contribution is 2.33. The van der Waals surface area contributed by atoms with E-state index in [-0.39, 0.29) is 5.91 Å². The summed E-state index contributed by atoms with van der Waals surface area (Å²) in [5.41, 5.74) is 5.90. The highest BCUT2D eigenvalue weighted by Gasteiger charge is 2.11. The summed E-state index contributed by atoms with van der Waals surface area (Å²) in [5.74, 6) is 1.02. The molecule has 0 heterocycles. The summed E-state index contributed by atoms with van der Waals surface area (Å²) in [6.07, 6.45) is 3.26. The van der Waals surface area contributed by atoms with E-state index in [0.29, 0.717) is 18.1 Å². The van der Waals surface area contributed by atoms with Gasteiger partial charge in [-0.2, -0.15) is 0 Å². The summed E-state index contributed by atoms with van der Waals surface area (Å²) in [7, 11) is 1.60. The van der Waals surface area contributed by atoms with Gasteiger partial charge >= 0.3 is 0 Å². The molecule has 0 bridgehead atoms. The number of rotatable bonds is 7. The number of amides is 1. The number of hydrogen-bond acceptors (Lipinski definition) is 3. The first-order valence-electron chi connectivity index (χ1n) is 9.98. The molecule has 0 saturated carbocycles. The summed E-state index contributed by atoms with van der Waals surface area (Å²) in [6, 6.07) is 17.7. The van der Waals surface area contributed by atoms with Crippen LogP contribution in [0.5, 0.6) is 11.5 Å². The van der Waals surface area contributed by atoms with E-state index in [0.717, 1.165) is 32.4 Å². The third-order valence-corrected chi connectivity index (χ3v) is 5.39. The lowest BCUT2D eigenvalue weighted by atomic mass is 10.1. The van der Waals surface area contributed by atoms with Crippen molar-refractivity contribution in [3.63, 3.8) is 0 Å². The van der Waals surface area contributed by atoms with Gasteiger partial charge in [0.2, 0.25) is 5.91 Å². The van der Waals surface area contributed by atoms with Crippen molar-refractivity contribution >= 4 is 33.6 Å². The lowest BCUT2D eigenvalue weighted by molar-refractivity contribution is -0.111. The number of aryl methyl sites for hydroxylation is 3. The third-order valence-electron chi connectivity index (χ3n) is 4.87. The molecule has 0 aliphatic carbocycles. The molecule has 3 aromatic rings. The number of carbonyl (C=O) groups is 1. The van der Waals surface area contributed by atoms with Crippen LogP contribution in [0.15, 0.2) is 65.1 Å². The van der Waals surface area contributed by atoms with Crippen LogP contribution in [-0.2, 0) is 11.4 Å². The molecule has 3 rings (SSSR count). The van der Waals surface area contributed by atoms with Crippen molar-refractivity contribution < 1.29 is 14.3 Å². The first kappa shape index (κ1) is 22.6. The maximum Gasteiger partial charge on any atom is 0.248 e. The van der Waals surface area contributed by atoms with Gasteiger partial charge in [0.05, 0.1) is 7.11 Å². The number of methoxy groups -OCH3 is 1. The van der Waals surface area contributed by atoms with Gasteiger partial charge in [-0.05, 0) is 61.7 Å². The molecule has 1 N–H and O–H groups in total. The van der Waals surface area contributed by atoms with Gasteiger partial charge in [-0.1, -0.05) is 57.9 Å². The molecule has 4 nitrogen and oxygen atoms in total. The van der Waals surface area contributed by atoms with E-state index in [9.17, 15) is 4.79 Å². The Labute approximate surface area is 192 Å². The Morgan fingerprint density at radius 1 is 1.03 bits per heavy atom. The average Bonchev–Trinajstić information content (AvgIpc) is 2.74. The van der Waals surface area contributed by atoms with Gasteiger partial charge < -0.3 is 14.8 Å². The molecule has 0 saturated heterocycles. The van der Waals surface area contributed by atoms with E-state index in [4.69, 9.17) is 9.47 Å². The Morgan fingerprint density at radius 3 is 2.35 bits per heavy atom. The van der Waals surface area contributed by atoms with Gasteiger partial charge in [0.15, 0.2) is 11.5 Å². The second-order valence-electron chi connectivity index (χ2n) is 7.39. The second kappa shape index (κ2) is 10.3. The van der Waals surface area contributed by atoms with Crippen LogP contribution in [0.1, 0.15) is 27.8 Å². The Balaban J connectivity index is 1.78. The van der Waals surface area contributed by atoms with Crippen molar-refractivity contribution in [1.29, 1.82) is 0 Å². The quantitative estimate of drug-likeness (QED) is 0.387. The summed E-state index contributed by atoms with van der Waals surface area (Å²) in [6.45, 7) is 6.43. The zero-order valence-electron chi connectivity index (χ0n) is 18.2. The predicted octanol–water partition coefficient (Wildman–Crippen LogP) is 6.61. The monoisotopic (exact) mass is 479 g/mol. The van der Waals surface area contributed by atoms with Crippen LogP contribution in [0.3, 0.4) is 0 Å². The molecule has 31 heavy (non-hydrogen) atoms. The molecule has 0 fully saturated rings. The number of ether oxygens (including phenoxy) is 2. The predicted molar refractivity (Wildman–Crippen MR) is 130 cm³/mol. The van der Waals surface area contributed by atoms with Crippen LogP contribution in [-0.4, -0.2) is 13.0 Å². The average molecular weight is 480 g/mol. The standard InChI is InChI=1S/C26H26BrNO3/c1-17-14-18(2)25(19(3)15-17)28-24(29)13-10-21-6-5-7-23(30-4)26(21)31-16-20-8-11-22(27)12-9-20/h5-15H,16H2,1-4H3,(H,28,29)/b13-10+. The van der Waals surface area contributed by atoms with Crippen molar-refractivity contribution in [2.75, 3.05) is 12.4 Å². The third kappa shape index (κ3) is 5.98. The first-order valence-corrected chi connectivity index (χ1v) is 10.8. The van der Waals surface area contributed by atoms with Crippen LogP contribution < -0.4 is 14.8 Å². The van der Waals surface area contributed by atoms with Gasteiger partial charge in [-0.25, -0.2) is 0 Å². The maximum atomic E-state index is 12.6. The Kier molecular flexibility index (Phi) is 7.53. The van der Waals surface area contributed by atoms with E-state index in [1.807, 2.05) is 63.2 Å². The van der Waals surface area contributed by atoms with Crippen LogP contribution >= 0.6 is 15.9 Å². The maximum absolute atomic E-state index is 12.6. The SMILES string of the molecule is COc1cccc(/C=C/C(=O)Nc2c(C)cc(C)cc2C)c1OCc1ccc(Br)cc1. The number of hydrogen-bond donors (Lipinski definition) is 1. The van der Waals surface area contributed by atoms with Crippen LogP contribution in [0.25, 0.3) is 6.08 Å². The molecule has 3 aromatic carbocycles. The molecule has 0 aromatic heterocycles. The van der Waals surface area contributed by atoms with Gasteiger partial charge in [0.25, 0.3) is 0 Å². The fourth-order valence-corrected chi connectivity index (χ4v) is 3.69. The largest absolute Gasteiger partial charge is 0.493 e. The summed E-state index contributed by atoms with van der Waals surface area (Å²) in [4.78, 5) is 12.6. The van der Waals surface area contributed by atoms with E-state index in [1.54, 1.807) is 13.2 Å². The molecular formula is C26H26BrNO3. The van der Waals surface area contributed by atoms with Crippen LogP contribution in [0.2, 0.25) is 0 Å². The van der Waals surface area contributed by atoms with E-state index in [1.165, 1.54) is 11.6 Å². The van der Waals surface area contributed by atoms with Gasteiger partial charge in [0, 0.05) is 21.8 Å². The first-order chi connectivity index (χ1) is 14.9. The van der Waals surface area contributed by atoms with Crippen LogP contribution in [0.4, 0.5) is 5.69 Å². The van der Waals surface area contributed by atoms with Crippen molar-refractivity contribution in [1.82, 2.24) is 0 Å². The summed E-state index contributed by atoms with van der Waals surface area (Å²) in [5, 5.41) is 2.98. The fourth-order valence-electron chi connectivity index (χ4n) is 3.42. The second-order valence-corrected chi connectivity index (χ2v) is 8.31. The number of nitrogens with one attached hydrogen (secondary N) is 1. The van der Waals surface area contributed by atoms with Crippen LogP contribution in [0, 0.1) is 20.8 Å². The molecule has 0 aliphatic rings. The molecule has 0 unspecified atom stereocenters. The van der Waals surface area contributed by atoms with Crippen molar-refractivity contribution in [2.24, 2.45) is 0 Å². The topological polar surface area (TPSA) is 47.6 Å². The van der Waals surface area contributed by atoms with E-state index < -0.39 is 0 Å². The van der Waals surface area contributed by atoms with E-state index >= 15 is 0 Å². The van der Waals surface area contributed by atoms with E-state index in [2.05, 4.69) is 33.4 Å². The number of para-hydroxylation sites is 1. The van der Waals surface area contributed by atoms with Crippen molar-refractivity contribution in [3.05, 3.63) is 93.0 Å². The zero-order chi connectivity index (χ0) is 22.4. The highest BCUT2D eigenvalue weighted by atomic mass is 79.9. The fraction of sp³-hybridized carbons (Fsp3) is 0.192. The Morgan fingerprint density at radius 2 is 1.71 bits per heavy atom. The molecule has 0 aliphatic heterocycles. The van der Waals surface area contributed by atoms with Crippen molar-refractivity contribution in [3.8, 4) is 11.5 Å². The number of benzene rings is 3. The molecule has 0 radical (unpaired) electrons. The zero-order valence-corrected chi connectivity index (χ0v) is 19.7. The smallest absolute Gasteiger partial charge is 0.248 e. The Hall–Kier alpha value is -3.05. The molecule has 0 atom stereocenters. The number of carbonyl (C=O) groups excluding carboxylic acids is 1. The number of halogens is 1. The summed E-state index contributed by atoms with van der Waals surface area (Å²) >= 11 is 3.44. The van der Waals surface area contributed by atoms with Gasteiger partial charge in [-0.3, -0.25) is 4.79 Å².